The lowest BCUT2D eigenvalue weighted by molar-refractivity contribution is 0.408. The summed E-state index contributed by atoms with van der Waals surface area (Å²) in [6.07, 6.45) is 3.86. The maximum Gasteiger partial charge on any atom is 0.124 e. The lowest BCUT2D eigenvalue weighted by Crippen LogP contribution is -2.33. The van der Waals surface area contributed by atoms with Crippen LogP contribution in [0.4, 0.5) is 0 Å². The first-order valence-electron chi connectivity index (χ1n) is 16.5. The van der Waals surface area contributed by atoms with E-state index < -0.39 is 15.8 Å². The van der Waals surface area contributed by atoms with E-state index in [0.29, 0.717) is 17.2 Å². The molecular weight excluding hydrogens is 586 g/mol. The van der Waals surface area contributed by atoms with Crippen molar-refractivity contribution in [2.75, 3.05) is 14.2 Å². The van der Waals surface area contributed by atoms with Gasteiger partial charge in [-0.15, -0.1) is 0 Å². The van der Waals surface area contributed by atoms with Gasteiger partial charge in [-0.25, -0.2) is 0 Å². The molecule has 1 aliphatic rings. The molecule has 0 aromatic heterocycles. The van der Waals surface area contributed by atoms with Crippen LogP contribution in [-0.4, -0.2) is 25.5 Å². The summed E-state index contributed by atoms with van der Waals surface area (Å²) in [6.45, 7) is 20.5. The van der Waals surface area contributed by atoms with Crippen molar-refractivity contribution in [1.29, 1.82) is 0 Å². The molecule has 0 spiro atoms. The number of ether oxygens (including phenoxy) is 2. The van der Waals surface area contributed by atoms with Crippen LogP contribution in [0.1, 0.15) is 70.7 Å². The van der Waals surface area contributed by atoms with E-state index in [2.05, 4.69) is 123 Å². The molecule has 0 radical (unpaired) electrons. The van der Waals surface area contributed by atoms with E-state index in [9.17, 15) is 0 Å². The van der Waals surface area contributed by atoms with Gasteiger partial charge in [-0.3, -0.25) is 0 Å². The van der Waals surface area contributed by atoms with Gasteiger partial charge in [0.25, 0.3) is 0 Å². The molecule has 45 heavy (non-hydrogen) atoms. The first-order valence-corrected chi connectivity index (χ1v) is 19.3. The predicted octanol–water partition coefficient (Wildman–Crippen LogP) is 9.29. The van der Waals surface area contributed by atoms with Crippen LogP contribution in [0.25, 0.3) is 0 Å². The minimum absolute atomic E-state index is 0.547. The third-order valence-corrected chi connectivity index (χ3v) is 15.5. The summed E-state index contributed by atoms with van der Waals surface area (Å²) in [4.78, 5) is 0. The highest BCUT2D eigenvalue weighted by Gasteiger charge is 2.41. The van der Waals surface area contributed by atoms with Gasteiger partial charge in [-0.2, -0.15) is 0 Å². The molecule has 238 valence electrons. The van der Waals surface area contributed by atoms with Crippen molar-refractivity contribution in [1.82, 2.24) is 0 Å². The van der Waals surface area contributed by atoms with E-state index in [0.717, 1.165) is 11.5 Å². The summed E-state index contributed by atoms with van der Waals surface area (Å²) in [7, 11) is 2.43. The predicted molar refractivity (Wildman–Crippen MR) is 200 cm³/mol. The molecular formula is C41H52O2P2. The number of hydrogen-bond acceptors (Lipinski definition) is 2. The fourth-order valence-electron chi connectivity index (χ4n) is 8.15. The number of hydrogen-bond donors (Lipinski definition) is 0. The standard InChI is InChI=1S/C41H52O2P2/c1-25-15-26(2)18-34(17-25)44(35-19-27(3)16-28(4)20-35)33(9)38-13-12-14-39(38)45(36-21-29(5)40(42-10)30(6)22-36)37-23-31(7)41(43-11)32(8)24-37/h15-24,33,38-39H,12-14H2,1-11H3/t33?,38?,39-/m0/s1. The summed E-state index contributed by atoms with van der Waals surface area (Å²) in [5, 5.41) is 6.02. The van der Waals surface area contributed by atoms with E-state index in [4.69, 9.17) is 9.47 Å². The lowest BCUT2D eigenvalue weighted by Gasteiger charge is -2.38. The average Bonchev–Trinajstić information content (AvgIpc) is 3.41. The van der Waals surface area contributed by atoms with Crippen LogP contribution in [-0.2, 0) is 0 Å². The first-order chi connectivity index (χ1) is 21.4. The minimum atomic E-state index is -0.612. The Hall–Kier alpha value is -2.66. The molecule has 1 fully saturated rings. The molecule has 4 heteroatoms. The fraction of sp³-hybridized carbons (Fsp3) is 0.415. The van der Waals surface area contributed by atoms with Crippen LogP contribution in [0.2, 0.25) is 0 Å². The molecule has 0 aliphatic heterocycles. The molecule has 2 unspecified atom stereocenters. The highest BCUT2D eigenvalue weighted by atomic mass is 31.1. The Kier molecular flexibility index (Phi) is 10.5. The van der Waals surface area contributed by atoms with Crippen molar-refractivity contribution in [3.63, 3.8) is 0 Å². The molecule has 1 aliphatic carbocycles. The number of methoxy groups -OCH3 is 2. The monoisotopic (exact) mass is 638 g/mol. The molecule has 4 aromatic carbocycles. The van der Waals surface area contributed by atoms with E-state index in [1.807, 2.05) is 0 Å². The highest BCUT2D eigenvalue weighted by molar-refractivity contribution is 7.74. The summed E-state index contributed by atoms with van der Waals surface area (Å²) in [6, 6.07) is 24.3. The van der Waals surface area contributed by atoms with Gasteiger partial charge in [0.05, 0.1) is 14.2 Å². The van der Waals surface area contributed by atoms with Crippen LogP contribution >= 0.6 is 15.8 Å². The van der Waals surface area contributed by atoms with Gasteiger partial charge in [0.15, 0.2) is 0 Å². The largest absolute Gasteiger partial charge is 0.496 e. The zero-order chi connectivity index (χ0) is 32.6. The number of benzene rings is 4. The fourth-order valence-corrected chi connectivity index (χ4v) is 15.3. The third kappa shape index (κ3) is 7.04. The minimum Gasteiger partial charge on any atom is -0.496 e. The molecule has 3 atom stereocenters. The SMILES string of the molecule is COc1c(C)cc(P(c2cc(C)c(OC)c(C)c2)[C@H]2CCCC2C(C)P(c2cc(C)cc(C)c2)c2cc(C)cc(C)c2)cc1C. The molecule has 1 saturated carbocycles. The normalized spacial score (nSPS) is 17.3. The number of rotatable bonds is 9. The van der Waals surface area contributed by atoms with Gasteiger partial charge in [0.2, 0.25) is 0 Å². The van der Waals surface area contributed by atoms with Crippen molar-refractivity contribution in [3.8, 4) is 11.5 Å². The lowest BCUT2D eigenvalue weighted by atomic mass is 10.0. The van der Waals surface area contributed by atoms with Crippen molar-refractivity contribution < 1.29 is 9.47 Å². The molecule has 0 N–H and O–H groups in total. The summed E-state index contributed by atoms with van der Waals surface area (Å²) >= 11 is 0. The molecule has 4 aromatic rings. The molecule has 0 saturated heterocycles. The van der Waals surface area contributed by atoms with Gasteiger partial charge in [-0.1, -0.05) is 72.0 Å². The first kappa shape index (κ1) is 33.7. The second kappa shape index (κ2) is 14.0. The Morgan fingerprint density at radius 3 is 1.27 bits per heavy atom. The topological polar surface area (TPSA) is 18.5 Å². The second-order valence-corrected chi connectivity index (χ2v) is 18.6. The summed E-state index contributed by atoms with van der Waals surface area (Å²) in [5.74, 6) is 2.66. The highest BCUT2D eigenvalue weighted by Crippen LogP contribution is 2.57. The van der Waals surface area contributed by atoms with Crippen molar-refractivity contribution in [2.24, 2.45) is 5.92 Å². The Morgan fingerprint density at radius 1 is 0.533 bits per heavy atom. The van der Waals surface area contributed by atoms with Gasteiger partial charge in [0.1, 0.15) is 11.5 Å². The van der Waals surface area contributed by atoms with Crippen LogP contribution in [0.15, 0.2) is 60.7 Å². The molecule has 0 heterocycles. The molecule has 0 bridgehead atoms. The van der Waals surface area contributed by atoms with Gasteiger partial charge in [-0.05, 0) is 169 Å². The zero-order valence-corrected chi connectivity index (χ0v) is 31.1. The maximum atomic E-state index is 5.83. The summed E-state index contributed by atoms with van der Waals surface area (Å²) in [5.41, 5.74) is 11.6. The van der Waals surface area contributed by atoms with E-state index in [-0.39, 0.29) is 0 Å². The Balaban J connectivity index is 1.68. The summed E-state index contributed by atoms with van der Waals surface area (Å²) < 4.78 is 11.7. The molecule has 5 rings (SSSR count). The van der Waals surface area contributed by atoms with E-state index >= 15 is 0 Å². The zero-order valence-electron chi connectivity index (χ0n) is 29.3. The molecule has 0 amide bonds. The smallest absolute Gasteiger partial charge is 0.124 e. The van der Waals surface area contributed by atoms with E-state index in [1.54, 1.807) is 14.2 Å². The Labute approximate surface area is 275 Å². The maximum absolute atomic E-state index is 5.83. The second-order valence-electron chi connectivity index (χ2n) is 13.6. The van der Waals surface area contributed by atoms with Gasteiger partial charge >= 0.3 is 0 Å². The van der Waals surface area contributed by atoms with Crippen molar-refractivity contribution >= 4 is 37.1 Å². The van der Waals surface area contributed by atoms with Crippen LogP contribution in [0, 0.1) is 61.3 Å². The Bertz CT molecular complexity index is 1490. The third-order valence-electron chi connectivity index (χ3n) is 9.71. The van der Waals surface area contributed by atoms with Crippen molar-refractivity contribution in [3.05, 3.63) is 105 Å². The van der Waals surface area contributed by atoms with Crippen LogP contribution in [0.3, 0.4) is 0 Å². The van der Waals surface area contributed by atoms with Gasteiger partial charge < -0.3 is 9.47 Å². The van der Waals surface area contributed by atoms with Crippen molar-refractivity contribution in [2.45, 2.75) is 92.9 Å². The van der Waals surface area contributed by atoms with Crippen LogP contribution in [0.5, 0.6) is 11.5 Å². The average molecular weight is 639 g/mol. The quantitative estimate of drug-likeness (QED) is 0.170. The molecule has 2 nitrogen and oxygen atoms in total. The number of aryl methyl sites for hydroxylation is 8. The van der Waals surface area contributed by atoms with E-state index in [1.165, 1.54) is 85.0 Å². The van der Waals surface area contributed by atoms with Crippen LogP contribution < -0.4 is 30.7 Å². The Morgan fingerprint density at radius 2 is 0.911 bits per heavy atom. The van der Waals surface area contributed by atoms with Gasteiger partial charge in [0, 0.05) is 0 Å².